The van der Waals surface area contributed by atoms with Crippen molar-refractivity contribution in [2.24, 2.45) is 5.92 Å². The van der Waals surface area contributed by atoms with Crippen LogP contribution in [0.4, 0.5) is 4.39 Å². The first-order valence-corrected chi connectivity index (χ1v) is 8.75. The Morgan fingerprint density at radius 2 is 2.26 bits per heavy atom. The SMILES string of the molecule is Cc1c(C(=O)NC(C(=O)O)C2CCCOC2)nnn1-c1ccc(F)c(Cl)c1. The van der Waals surface area contributed by atoms with E-state index in [1.54, 1.807) is 6.92 Å². The molecule has 2 N–H and O–H groups in total. The summed E-state index contributed by atoms with van der Waals surface area (Å²) < 4.78 is 20.0. The van der Waals surface area contributed by atoms with E-state index in [9.17, 15) is 19.1 Å². The third-order valence-corrected chi connectivity index (χ3v) is 4.77. The molecule has 0 radical (unpaired) electrons. The van der Waals surface area contributed by atoms with E-state index in [0.29, 0.717) is 24.4 Å². The molecule has 10 heteroatoms. The van der Waals surface area contributed by atoms with Gasteiger partial charge < -0.3 is 15.2 Å². The van der Waals surface area contributed by atoms with Crippen molar-refractivity contribution in [3.05, 3.63) is 40.4 Å². The molecule has 1 fully saturated rings. The second-order valence-electron chi connectivity index (χ2n) is 6.30. The Hall–Kier alpha value is -2.52. The van der Waals surface area contributed by atoms with Gasteiger partial charge in [0.15, 0.2) is 5.69 Å². The first-order valence-electron chi connectivity index (χ1n) is 8.37. The van der Waals surface area contributed by atoms with Crippen LogP contribution < -0.4 is 5.32 Å². The second kappa shape index (κ2) is 8.01. The Morgan fingerprint density at radius 3 is 2.89 bits per heavy atom. The Labute approximate surface area is 159 Å². The zero-order valence-electron chi connectivity index (χ0n) is 14.5. The quantitative estimate of drug-likeness (QED) is 0.800. The van der Waals surface area contributed by atoms with E-state index >= 15 is 0 Å². The van der Waals surface area contributed by atoms with Crippen LogP contribution in [0.1, 0.15) is 29.0 Å². The van der Waals surface area contributed by atoms with Gasteiger partial charge >= 0.3 is 5.97 Å². The third kappa shape index (κ3) is 4.09. The molecule has 2 atom stereocenters. The minimum Gasteiger partial charge on any atom is -0.480 e. The van der Waals surface area contributed by atoms with Gasteiger partial charge in [-0.25, -0.2) is 13.9 Å². The number of carbonyl (C=O) groups excluding carboxylic acids is 1. The topological polar surface area (TPSA) is 106 Å². The largest absolute Gasteiger partial charge is 0.480 e. The molecule has 1 aliphatic rings. The van der Waals surface area contributed by atoms with Crippen LogP contribution in [0.25, 0.3) is 5.69 Å². The maximum absolute atomic E-state index is 13.3. The van der Waals surface area contributed by atoms with Gasteiger partial charge in [0.05, 0.1) is 23.0 Å². The van der Waals surface area contributed by atoms with Crippen LogP contribution in [0.3, 0.4) is 0 Å². The number of ether oxygens (including phenoxy) is 1. The summed E-state index contributed by atoms with van der Waals surface area (Å²) in [5.41, 5.74) is 0.790. The molecular weight excluding hydrogens is 379 g/mol. The van der Waals surface area contributed by atoms with E-state index in [2.05, 4.69) is 15.6 Å². The van der Waals surface area contributed by atoms with Crippen molar-refractivity contribution < 1.29 is 23.8 Å². The molecule has 1 amide bonds. The summed E-state index contributed by atoms with van der Waals surface area (Å²) >= 11 is 5.78. The standard InChI is InChI=1S/C17H18ClFN4O4/c1-9-14(21-22-23(9)11-4-5-13(19)12(18)7-11)16(24)20-15(17(25)26)10-3-2-6-27-8-10/h4-5,7,10,15H,2-3,6,8H2,1H3,(H,20,24)(H,25,26). The minimum atomic E-state index is -1.13. The van der Waals surface area contributed by atoms with Gasteiger partial charge in [-0.1, -0.05) is 16.8 Å². The van der Waals surface area contributed by atoms with Gasteiger partial charge in [-0.3, -0.25) is 4.79 Å². The van der Waals surface area contributed by atoms with Gasteiger partial charge in [0.2, 0.25) is 0 Å². The van der Waals surface area contributed by atoms with Crippen LogP contribution in [0.15, 0.2) is 18.2 Å². The number of hydrogen-bond donors (Lipinski definition) is 2. The second-order valence-corrected chi connectivity index (χ2v) is 6.71. The van der Waals surface area contributed by atoms with E-state index in [-0.39, 0.29) is 23.2 Å². The fraction of sp³-hybridized carbons (Fsp3) is 0.412. The average Bonchev–Trinajstić information content (AvgIpc) is 3.04. The summed E-state index contributed by atoms with van der Waals surface area (Å²) in [6.45, 7) is 2.47. The fourth-order valence-corrected chi connectivity index (χ4v) is 3.20. The molecule has 0 spiro atoms. The maximum atomic E-state index is 13.3. The smallest absolute Gasteiger partial charge is 0.326 e. The van der Waals surface area contributed by atoms with Crippen molar-refractivity contribution >= 4 is 23.5 Å². The van der Waals surface area contributed by atoms with Crippen molar-refractivity contribution in [2.45, 2.75) is 25.8 Å². The molecule has 2 heterocycles. The zero-order chi connectivity index (χ0) is 19.6. The molecule has 1 aliphatic heterocycles. The lowest BCUT2D eigenvalue weighted by Gasteiger charge is -2.27. The Kier molecular flexibility index (Phi) is 5.71. The molecule has 0 bridgehead atoms. The summed E-state index contributed by atoms with van der Waals surface area (Å²) in [4.78, 5) is 24.2. The highest BCUT2D eigenvalue weighted by atomic mass is 35.5. The molecule has 0 aliphatic carbocycles. The van der Waals surface area contributed by atoms with E-state index in [1.807, 2.05) is 0 Å². The molecule has 2 unspecified atom stereocenters. The molecule has 0 saturated carbocycles. The average molecular weight is 397 g/mol. The van der Waals surface area contributed by atoms with Crippen molar-refractivity contribution in [2.75, 3.05) is 13.2 Å². The lowest BCUT2D eigenvalue weighted by Crippen LogP contribution is -2.48. The Bertz CT molecular complexity index is 867. The van der Waals surface area contributed by atoms with Crippen LogP contribution in [-0.4, -0.2) is 51.2 Å². The molecule has 3 rings (SSSR count). The van der Waals surface area contributed by atoms with Crippen molar-refractivity contribution in [1.29, 1.82) is 0 Å². The summed E-state index contributed by atoms with van der Waals surface area (Å²) in [7, 11) is 0. The number of aromatic nitrogens is 3. The molecule has 144 valence electrons. The Balaban J connectivity index is 1.81. The number of carboxylic acid groups (broad SMARTS) is 1. The third-order valence-electron chi connectivity index (χ3n) is 4.48. The van der Waals surface area contributed by atoms with Crippen molar-refractivity contribution in [3.63, 3.8) is 0 Å². The summed E-state index contributed by atoms with van der Waals surface area (Å²) in [6.07, 6.45) is 1.39. The number of carbonyl (C=O) groups is 2. The number of benzene rings is 1. The fourth-order valence-electron chi connectivity index (χ4n) is 3.02. The number of halogens is 2. The Morgan fingerprint density at radius 1 is 1.48 bits per heavy atom. The van der Waals surface area contributed by atoms with E-state index in [0.717, 1.165) is 6.42 Å². The molecule has 1 aromatic carbocycles. The van der Waals surface area contributed by atoms with E-state index < -0.39 is 23.7 Å². The summed E-state index contributed by atoms with van der Waals surface area (Å²) in [5, 5.41) is 19.6. The maximum Gasteiger partial charge on any atom is 0.326 e. The van der Waals surface area contributed by atoms with Crippen molar-refractivity contribution in [1.82, 2.24) is 20.3 Å². The number of nitrogens with one attached hydrogen (secondary N) is 1. The highest BCUT2D eigenvalue weighted by molar-refractivity contribution is 6.30. The van der Waals surface area contributed by atoms with Gasteiger partial charge in [-0.05, 0) is 38.0 Å². The number of rotatable bonds is 5. The van der Waals surface area contributed by atoms with Gasteiger partial charge in [0.25, 0.3) is 5.91 Å². The van der Waals surface area contributed by atoms with Crippen LogP contribution in [0.2, 0.25) is 5.02 Å². The minimum absolute atomic E-state index is 0.0153. The van der Waals surface area contributed by atoms with E-state index in [1.165, 1.54) is 22.9 Å². The number of nitrogens with zero attached hydrogens (tertiary/aromatic N) is 3. The molecule has 1 saturated heterocycles. The first kappa shape index (κ1) is 19.2. The van der Waals surface area contributed by atoms with Gasteiger partial charge in [0, 0.05) is 12.5 Å². The predicted octanol–water partition coefficient (Wildman–Crippen LogP) is 1.98. The highest BCUT2D eigenvalue weighted by Gasteiger charge is 2.32. The number of amides is 1. The van der Waals surface area contributed by atoms with Crippen LogP contribution in [-0.2, 0) is 9.53 Å². The lowest BCUT2D eigenvalue weighted by molar-refractivity contribution is -0.142. The summed E-state index contributed by atoms with van der Waals surface area (Å²) in [6, 6.07) is 2.91. The normalized spacial score (nSPS) is 18.1. The first-order chi connectivity index (χ1) is 12.9. The van der Waals surface area contributed by atoms with Gasteiger partial charge in [0.1, 0.15) is 11.9 Å². The summed E-state index contributed by atoms with van der Waals surface area (Å²) in [5.74, 6) is -2.67. The molecule has 8 nitrogen and oxygen atoms in total. The van der Waals surface area contributed by atoms with Crippen LogP contribution >= 0.6 is 11.6 Å². The molecule has 1 aromatic heterocycles. The molecule has 27 heavy (non-hydrogen) atoms. The number of hydrogen-bond acceptors (Lipinski definition) is 5. The number of carboxylic acids is 1. The van der Waals surface area contributed by atoms with Crippen molar-refractivity contribution in [3.8, 4) is 5.69 Å². The van der Waals surface area contributed by atoms with Crippen LogP contribution in [0, 0.1) is 18.7 Å². The predicted molar refractivity (Wildman–Crippen MR) is 93.5 cm³/mol. The zero-order valence-corrected chi connectivity index (χ0v) is 15.2. The monoisotopic (exact) mass is 396 g/mol. The van der Waals surface area contributed by atoms with E-state index in [4.69, 9.17) is 16.3 Å². The molecular formula is C17H18ClFN4O4. The molecule has 2 aromatic rings. The van der Waals surface area contributed by atoms with Gasteiger partial charge in [-0.15, -0.1) is 5.10 Å². The highest BCUT2D eigenvalue weighted by Crippen LogP contribution is 2.21. The number of aliphatic carboxylic acids is 1. The lowest BCUT2D eigenvalue weighted by atomic mass is 9.93. The van der Waals surface area contributed by atoms with Crippen LogP contribution in [0.5, 0.6) is 0 Å². The van der Waals surface area contributed by atoms with Gasteiger partial charge in [-0.2, -0.15) is 0 Å².